The van der Waals surface area contributed by atoms with Crippen molar-refractivity contribution < 1.29 is 9.47 Å². The molecule has 1 aromatic carbocycles. The summed E-state index contributed by atoms with van der Waals surface area (Å²) in [4.78, 5) is 4.37. The zero-order chi connectivity index (χ0) is 11.9. The second-order valence-corrected chi connectivity index (χ2v) is 4.79. The molecule has 2 unspecified atom stereocenters. The van der Waals surface area contributed by atoms with E-state index >= 15 is 0 Å². The number of hydrogen-bond donors (Lipinski definition) is 1. The summed E-state index contributed by atoms with van der Waals surface area (Å²) in [7, 11) is 0. The summed E-state index contributed by atoms with van der Waals surface area (Å²) in [5, 5.41) is 0. The molecule has 2 aliphatic rings. The van der Waals surface area contributed by atoms with Crippen molar-refractivity contribution in [3.63, 3.8) is 0 Å². The van der Waals surface area contributed by atoms with Gasteiger partial charge in [0.25, 0.3) is 6.02 Å². The molecule has 4 heteroatoms. The van der Waals surface area contributed by atoms with E-state index < -0.39 is 0 Å². The highest BCUT2D eigenvalue weighted by Gasteiger charge is 2.61. The van der Waals surface area contributed by atoms with Crippen molar-refractivity contribution in [1.29, 1.82) is 0 Å². The smallest absolute Gasteiger partial charge is 0.282 e. The highest BCUT2D eigenvalue weighted by atomic mass is 16.5. The van der Waals surface area contributed by atoms with Gasteiger partial charge >= 0.3 is 0 Å². The molecule has 1 spiro atoms. The lowest BCUT2D eigenvalue weighted by molar-refractivity contribution is 0.179. The number of amidine groups is 1. The number of para-hydroxylation sites is 1. The monoisotopic (exact) mass is 232 g/mol. The SMILES string of the molecule is C[C@@H](Oc1ccccc1)C1CC12COC(N)=N2. The normalized spacial score (nSPS) is 31.8. The van der Waals surface area contributed by atoms with Crippen LogP contribution in [0.15, 0.2) is 35.3 Å². The Morgan fingerprint density at radius 3 is 2.88 bits per heavy atom. The molecule has 1 aliphatic heterocycles. The van der Waals surface area contributed by atoms with E-state index in [-0.39, 0.29) is 11.6 Å². The van der Waals surface area contributed by atoms with Gasteiger partial charge < -0.3 is 15.2 Å². The summed E-state index contributed by atoms with van der Waals surface area (Å²) in [5.41, 5.74) is 5.45. The molecule has 0 saturated heterocycles. The van der Waals surface area contributed by atoms with Gasteiger partial charge in [0.2, 0.25) is 0 Å². The molecule has 0 bridgehead atoms. The van der Waals surface area contributed by atoms with Crippen LogP contribution in [0.3, 0.4) is 0 Å². The molecule has 3 atom stereocenters. The first-order valence-corrected chi connectivity index (χ1v) is 5.89. The fourth-order valence-electron chi connectivity index (χ4n) is 2.50. The lowest BCUT2D eigenvalue weighted by atomic mass is 10.1. The molecule has 2 N–H and O–H groups in total. The van der Waals surface area contributed by atoms with Crippen molar-refractivity contribution >= 4 is 6.02 Å². The van der Waals surface area contributed by atoms with Crippen LogP contribution in [0.25, 0.3) is 0 Å². The third-order valence-electron chi connectivity index (χ3n) is 3.54. The van der Waals surface area contributed by atoms with Gasteiger partial charge in [0.05, 0.1) is 0 Å². The molecule has 1 saturated carbocycles. The van der Waals surface area contributed by atoms with E-state index in [9.17, 15) is 0 Å². The Morgan fingerprint density at radius 1 is 1.47 bits per heavy atom. The molecule has 3 rings (SSSR count). The highest BCUT2D eigenvalue weighted by molar-refractivity contribution is 5.74. The van der Waals surface area contributed by atoms with Gasteiger partial charge in [-0.25, -0.2) is 4.99 Å². The van der Waals surface area contributed by atoms with Gasteiger partial charge in [-0.3, -0.25) is 0 Å². The molecule has 1 aromatic rings. The summed E-state index contributed by atoms with van der Waals surface area (Å²) in [6, 6.07) is 10.2. The maximum absolute atomic E-state index is 5.89. The quantitative estimate of drug-likeness (QED) is 0.860. The van der Waals surface area contributed by atoms with E-state index in [2.05, 4.69) is 11.9 Å². The van der Waals surface area contributed by atoms with Crippen LogP contribution in [0.4, 0.5) is 0 Å². The van der Waals surface area contributed by atoms with Crippen molar-refractivity contribution in [3.05, 3.63) is 30.3 Å². The molecule has 0 radical (unpaired) electrons. The average Bonchev–Trinajstić information content (AvgIpc) is 2.90. The number of rotatable bonds is 3. The molecule has 1 fully saturated rings. The molecule has 0 amide bonds. The summed E-state index contributed by atoms with van der Waals surface area (Å²) in [6.45, 7) is 2.68. The fourth-order valence-corrected chi connectivity index (χ4v) is 2.50. The van der Waals surface area contributed by atoms with Gasteiger partial charge in [-0.15, -0.1) is 0 Å². The van der Waals surface area contributed by atoms with Crippen LogP contribution in [0.1, 0.15) is 13.3 Å². The molecular weight excluding hydrogens is 216 g/mol. The first-order valence-electron chi connectivity index (χ1n) is 5.89. The summed E-state index contributed by atoms with van der Waals surface area (Å²) in [6.07, 6.45) is 1.14. The second-order valence-electron chi connectivity index (χ2n) is 4.79. The van der Waals surface area contributed by atoms with Gasteiger partial charge in [0.1, 0.15) is 24.0 Å². The topological polar surface area (TPSA) is 56.8 Å². The van der Waals surface area contributed by atoms with Crippen LogP contribution < -0.4 is 10.5 Å². The van der Waals surface area contributed by atoms with E-state index in [4.69, 9.17) is 15.2 Å². The van der Waals surface area contributed by atoms with Crippen molar-refractivity contribution in [2.24, 2.45) is 16.6 Å². The molecule has 1 aliphatic carbocycles. The lowest BCUT2D eigenvalue weighted by Crippen LogP contribution is -2.22. The molecule has 0 aromatic heterocycles. The van der Waals surface area contributed by atoms with Crippen LogP contribution in [-0.2, 0) is 4.74 Å². The molecular formula is C13H16N2O2. The Balaban J connectivity index is 1.64. The van der Waals surface area contributed by atoms with Gasteiger partial charge in [-0.1, -0.05) is 18.2 Å². The zero-order valence-corrected chi connectivity index (χ0v) is 9.80. The van der Waals surface area contributed by atoms with Gasteiger partial charge in [-0.05, 0) is 25.5 Å². The molecule has 1 heterocycles. The fraction of sp³-hybridized carbons (Fsp3) is 0.462. The van der Waals surface area contributed by atoms with Crippen LogP contribution >= 0.6 is 0 Å². The number of nitrogens with zero attached hydrogens (tertiary/aromatic N) is 1. The van der Waals surface area contributed by atoms with Crippen molar-refractivity contribution in [2.75, 3.05) is 6.61 Å². The van der Waals surface area contributed by atoms with Crippen LogP contribution in [0, 0.1) is 5.92 Å². The van der Waals surface area contributed by atoms with Crippen molar-refractivity contribution in [3.8, 4) is 5.75 Å². The Bertz CT molecular complexity index is 446. The largest absolute Gasteiger partial charge is 0.490 e. The zero-order valence-electron chi connectivity index (χ0n) is 9.80. The molecule has 17 heavy (non-hydrogen) atoms. The third kappa shape index (κ3) is 1.84. The van der Waals surface area contributed by atoms with E-state index in [1.54, 1.807) is 0 Å². The number of ether oxygens (including phenoxy) is 2. The average molecular weight is 232 g/mol. The molecule has 90 valence electrons. The Hall–Kier alpha value is -1.71. The minimum atomic E-state index is -0.0989. The second kappa shape index (κ2) is 3.65. The number of benzene rings is 1. The predicted octanol–water partition coefficient (Wildman–Crippen LogP) is 1.56. The highest BCUT2D eigenvalue weighted by Crippen LogP contribution is 2.52. The van der Waals surface area contributed by atoms with Crippen LogP contribution in [0.5, 0.6) is 5.75 Å². The van der Waals surface area contributed by atoms with Crippen molar-refractivity contribution in [2.45, 2.75) is 25.0 Å². The van der Waals surface area contributed by atoms with Crippen LogP contribution in [0.2, 0.25) is 0 Å². The Labute approximate surface area is 100 Å². The van der Waals surface area contributed by atoms with E-state index in [0.29, 0.717) is 18.5 Å². The molecule has 4 nitrogen and oxygen atoms in total. The van der Waals surface area contributed by atoms with Gasteiger partial charge in [-0.2, -0.15) is 0 Å². The summed E-state index contributed by atoms with van der Waals surface area (Å²) < 4.78 is 11.1. The van der Waals surface area contributed by atoms with Crippen molar-refractivity contribution in [1.82, 2.24) is 0 Å². The third-order valence-corrected chi connectivity index (χ3v) is 3.54. The first kappa shape index (κ1) is 10.4. The maximum atomic E-state index is 5.89. The predicted molar refractivity (Wildman–Crippen MR) is 64.9 cm³/mol. The standard InChI is InChI=1S/C13H16N2O2/c1-9(17-10-5-3-2-4-6-10)11-7-13(11)8-16-12(14)15-13/h2-6,9,11H,7-8H2,1H3,(H2,14,15)/t9-,11?,13?/m1/s1. The first-order chi connectivity index (χ1) is 8.20. The summed E-state index contributed by atoms with van der Waals surface area (Å²) >= 11 is 0. The van der Waals surface area contributed by atoms with E-state index in [0.717, 1.165) is 12.2 Å². The Kier molecular flexibility index (Phi) is 2.24. The lowest BCUT2D eigenvalue weighted by Gasteiger charge is -2.15. The van der Waals surface area contributed by atoms with Crippen LogP contribution in [-0.4, -0.2) is 24.3 Å². The van der Waals surface area contributed by atoms with E-state index in [1.165, 1.54) is 0 Å². The minimum absolute atomic E-state index is 0.0989. The van der Waals surface area contributed by atoms with Gasteiger partial charge in [0.15, 0.2) is 0 Å². The summed E-state index contributed by atoms with van der Waals surface area (Å²) in [5.74, 6) is 1.31. The van der Waals surface area contributed by atoms with E-state index in [1.807, 2.05) is 30.3 Å². The maximum Gasteiger partial charge on any atom is 0.282 e. The number of aliphatic imine (C=N–C) groups is 1. The number of hydrogen-bond acceptors (Lipinski definition) is 4. The van der Waals surface area contributed by atoms with Gasteiger partial charge in [0, 0.05) is 5.92 Å². The number of nitrogens with two attached hydrogens (primary N) is 1. The Morgan fingerprint density at radius 2 is 2.24 bits per heavy atom. The minimum Gasteiger partial charge on any atom is -0.490 e.